The molecule has 58 valence electrons. The van der Waals surface area contributed by atoms with Gasteiger partial charge < -0.3 is 5.32 Å². The second kappa shape index (κ2) is 2.57. The summed E-state index contributed by atoms with van der Waals surface area (Å²) in [6, 6.07) is 0. The van der Waals surface area contributed by atoms with Crippen LogP contribution in [0.25, 0.3) is 0 Å². The highest BCUT2D eigenvalue weighted by Crippen LogP contribution is 2.31. The number of nitrogens with one attached hydrogen (secondary N) is 1. The van der Waals surface area contributed by atoms with Crippen molar-refractivity contribution in [3.63, 3.8) is 0 Å². The first kappa shape index (κ1) is 6.71. The fourth-order valence-corrected chi connectivity index (χ4v) is 1.75. The van der Waals surface area contributed by atoms with E-state index in [1.165, 1.54) is 18.5 Å². The van der Waals surface area contributed by atoms with E-state index in [-0.39, 0.29) is 0 Å². The Bertz CT molecular complexity index is 246. The van der Waals surface area contributed by atoms with Gasteiger partial charge in [0.05, 0.1) is 0 Å². The molecule has 0 radical (unpaired) electrons. The minimum absolute atomic E-state index is 0.671. The predicted octanol–water partition coefficient (Wildman–Crippen LogP) is 2.34. The molecule has 2 rings (SSSR count). The molecule has 0 saturated heterocycles. The molecular weight excluding hydrogens is 134 g/mol. The Kier molecular flexibility index (Phi) is 1.57. The van der Waals surface area contributed by atoms with Crippen molar-refractivity contribution < 1.29 is 0 Å². The zero-order valence-corrected chi connectivity index (χ0v) is 6.80. The van der Waals surface area contributed by atoms with Gasteiger partial charge in [0.25, 0.3) is 0 Å². The third-order valence-corrected chi connectivity index (χ3v) is 2.44. The summed E-state index contributed by atoms with van der Waals surface area (Å²) in [6.45, 7) is 2.22. The Morgan fingerprint density at radius 1 is 1.64 bits per heavy atom. The van der Waals surface area contributed by atoms with Gasteiger partial charge in [-0.2, -0.15) is 0 Å². The first-order valence-electron chi connectivity index (χ1n) is 4.24. The summed E-state index contributed by atoms with van der Waals surface area (Å²) in [7, 11) is 0. The standard InChI is InChI=1S/C10H13N/c1-2-8-7-11-10-6-4-3-5-9(8)10/h3-4,6-7,9,11H,2,5H2,1H3. The second-order valence-electron chi connectivity index (χ2n) is 3.06. The lowest BCUT2D eigenvalue weighted by atomic mass is 9.91. The average Bonchev–Trinajstić information content (AvgIpc) is 2.47. The zero-order valence-electron chi connectivity index (χ0n) is 6.80. The van der Waals surface area contributed by atoms with Gasteiger partial charge in [-0.1, -0.05) is 19.1 Å². The summed E-state index contributed by atoms with van der Waals surface area (Å²) >= 11 is 0. The van der Waals surface area contributed by atoms with Crippen molar-refractivity contribution in [3.8, 4) is 0 Å². The smallest absolute Gasteiger partial charge is 0.0251 e. The van der Waals surface area contributed by atoms with Gasteiger partial charge in [-0.25, -0.2) is 0 Å². The lowest BCUT2D eigenvalue weighted by Gasteiger charge is -2.15. The Morgan fingerprint density at radius 3 is 3.36 bits per heavy atom. The number of hydrogen-bond acceptors (Lipinski definition) is 1. The molecule has 2 aliphatic rings. The van der Waals surface area contributed by atoms with E-state index in [0.717, 1.165) is 0 Å². The number of hydrogen-bond donors (Lipinski definition) is 1. The summed E-state index contributed by atoms with van der Waals surface area (Å²) in [5.41, 5.74) is 2.92. The van der Waals surface area contributed by atoms with Crippen LogP contribution >= 0.6 is 0 Å². The Balaban J connectivity index is 2.23. The van der Waals surface area contributed by atoms with Crippen molar-refractivity contribution in [3.05, 3.63) is 35.7 Å². The SMILES string of the molecule is CCC1=CNC2=CC=CCC12. The predicted molar refractivity (Wildman–Crippen MR) is 46.8 cm³/mol. The molecule has 1 unspecified atom stereocenters. The molecule has 11 heavy (non-hydrogen) atoms. The first-order valence-corrected chi connectivity index (χ1v) is 4.24. The molecule has 0 aromatic heterocycles. The van der Waals surface area contributed by atoms with Crippen LogP contribution in [0.2, 0.25) is 0 Å². The van der Waals surface area contributed by atoms with Gasteiger partial charge in [-0.05, 0) is 24.5 Å². The van der Waals surface area contributed by atoms with Crippen LogP contribution < -0.4 is 5.32 Å². The Labute approximate surface area is 67.5 Å². The van der Waals surface area contributed by atoms with Crippen LogP contribution in [0.3, 0.4) is 0 Å². The molecule has 1 heteroatoms. The second-order valence-corrected chi connectivity index (χ2v) is 3.06. The fraction of sp³-hybridized carbons (Fsp3) is 0.400. The van der Waals surface area contributed by atoms with Crippen molar-refractivity contribution in [1.82, 2.24) is 5.32 Å². The van der Waals surface area contributed by atoms with E-state index in [4.69, 9.17) is 0 Å². The highest BCUT2D eigenvalue weighted by Gasteiger charge is 2.22. The van der Waals surface area contributed by atoms with Gasteiger partial charge in [0, 0.05) is 17.8 Å². The maximum absolute atomic E-state index is 3.31. The van der Waals surface area contributed by atoms with Gasteiger partial charge >= 0.3 is 0 Å². The molecule has 0 aromatic rings. The Hall–Kier alpha value is -0.980. The minimum Gasteiger partial charge on any atom is -0.365 e. The van der Waals surface area contributed by atoms with Crippen LogP contribution in [-0.2, 0) is 0 Å². The van der Waals surface area contributed by atoms with Crippen molar-refractivity contribution in [2.45, 2.75) is 19.8 Å². The molecule has 0 amide bonds. The monoisotopic (exact) mass is 147 g/mol. The maximum atomic E-state index is 3.31. The van der Waals surface area contributed by atoms with Gasteiger partial charge in [-0.15, -0.1) is 0 Å². The molecule has 0 saturated carbocycles. The summed E-state index contributed by atoms with van der Waals surface area (Å²) in [4.78, 5) is 0. The molecule has 1 heterocycles. The van der Waals surface area contributed by atoms with Crippen LogP contribution in [0.1, 0.15) is 19.8 Å². The van der Waals surface area contributed by atoms with Crippen LogP contribution in [0.4, 0.5) is 0 Å². The maximum Gasteiger partial charge on any atom is 0.0251 e. The van der Waals surface area contributed by atoms with E-state index in [2.05, 4.69) is 36.7 Å². The average molecular weight is 147 g/mol. The molecule has 0 spiro atoms. The summed E-state index contributed by atoms with van der Waals surface area (Å²) in [6.07, 6.45) is 11.0. The number of rotatable bonds is 1. The minimum atomic E-state index is 0.671. The normalized spacial score (nSPS) is 27.2. The van der Waals surface area contributed by atoms with Crippen molar-refractivity contribution in [1.29, 1.82) is 0 Å². The molecule has 0 aromatic carbocycles. The van der Waals surface area contributed by atoms with E-state index in [0.29, 0.717) is 5.92 Å². The quantitative estimate of drug-likeness (QED) is 0.600. The molecule has 1 atom stereocenters. The lowest BCUT2D eigenvalue weighted by Crippen LogP contribution is -2.09. The van der Waals surface area contributed by atoms with E-state index in [9.17, 15) is 0 Å². The van der Waals surface area contributed by atoms with Gasteiger partial charge in [-0.3, -0.25) is 0 Å². The van der Waals surface area contributed by atoms with Crippen LogP contribution in [0.5, 0.6) is 0 Å². The summed E-state index contributed by atoms with van der Waals surface area (Å²) in [5, 5.41) is 3.31. The lowest BCUT2D eigenvalue weighted by molar-refractivity contribution is 0.698. The van der Waals surface area contributed by atoms with E-state index in [1.54, 1.807) is 5.57 Å². The summed E-state index contributed by atoms with van der Waals surface area (Å²) in [5.74, 6) is 0.671. The van der Waals surface area contributed by atoms with Crippen LogP contribution in [-0.4, -0.2) is 0 Å². The van der Waals surface area contributed by atoms with Crippen molar-refractivity contribution in [2.24, 2.45) is 5.92 Å². The van der Waals surface area contributed by atoms with Gasteiger partial charge in [0.2, 0.25) is 0 Å². The molecule has 1 nitrogen and oxygen atoms in total. The number of allylic oxidation sites excluding steroid dienone is 4. The largest absolute Gasteiger partial charge is 0.365 e. The van der Waals surface area contributed by atoms with Crippen LogP contribution in [0, 0.1) is 5.92 Å². The molecule has 0 fully saturated rings. The van der Waals surface area contributed by atoms with Crippen molar-refractivity contribution >= 4 is 0 Å². The zero-order chi connectivity index (χ0) is 7.68. The first-order chi connectivity index (χ1) is 5.42. The molecular formula is C10H13N. The third-order valence-electron chi connectivity index (χ3n) is 2.44. The third kappa shape index (κ3) is 1.01. The highest BCUT2D eigenvalue weighted by atomic mass is 14.9. The Morgan fingerprint density at radius 2 is 2.55 bits per heavy atom. The van der Waals surface area contributed by atoms with E-state index < -0.39 is 0 Å². The molecule has 1 aliphatic carbocycles. The summed E-state index contributed by atoms with van der Waals surface area (Å²) < 4.78 is 0. The van der Waals surface area contributed by atoms with E-state index >= 15 is 0 Å². The van der Waals surface area contributed by atoms with Crippen LogP contribution in [0.15, 0.2) is 35.7 Å². The highest BCUT2D eigenvalue weighted by molar-refractivity contribution is 5.34. The molecule has 0 bridgehead atoms. The topological polar surface area (TPSA) is 12.0 Å². The van der Waals surface area contributed by atoms with Crippen molar-refractivity contribution in [2.75, 3.05) is 0 Å². The van der Waals surface area contributed by atoms with E-state index in [1.807, 2.05) is 0 Å². The van der Waals surface area contributed by atoms with Gasteiger partial charge in [0.1, 0.15) is 0 Å². The molecule has 1 N–H and O–H groups in total. The van der Waals surface area contributed by atoms with Gasteiger partial charge in [0.15, 0.2) is 0 Å². The molecule has 1 aliphatic heterocycles. The number of fused-ring (bicyclic) bond motifs is 1. The fourth-order valence-electron chi connectivity index (χ4n) is 1.75.